The smallest absolute Gasteiger partial charge is 0.262 e. The molecule has 4 heteroatoms. The molecule has 0 unspecified atom stereocenters. The predicted octanol–water partition coefficient (Wildman–Crippen LogP) is 5.97. The van der Waals surface area contributed by atoms with Gasteiger partial charge in [0, 0.05) is 5.02 Å². The van der Waals surface area contributed by atoms with E-state index in [0.717, 1.165) is 10.9 Å². The van der Waals surface area contributed by atoms with Crippen LogP contribution in [0.5, 0.6) is 0 Å². The van der Waals surface area contributed by atoms with Crippen molar-refractivity contribution < 1.29 is 4.79 Å². The van der Waals surface area contributed by atoms with Gasteiger partial charge < -0.3 is 0 Å². The molecule has 1 aliphatic carbocycles. The van der Waals surface area contributed by atoms with Crippen molar-refractivity contribution in [2.24, 2.45) is 0 Å². The van der Waals surface area contributed by atoms with Gasteiger partial charge in [0.2, 0.25) is 0 Å². The van der Waals surface area contributed by atoms with E-state index in [1.807, 2.05) is 12.1 Å². The standard InChI is InChI=1S/C12H15Cl.CCl2O/c13-12-8-6-11(7-9-12)10-4-2-1-3-5-10;2-1(3)4/h6-10H,1-5H2;. The fourth-order valence-electron chi connectivity index (χ4n) is 2.17. The van der Waals surface area contributed by atoms with Gasteiger partial charge in [-0.15, -0.1) is 0 Å². The largest absolute Gasteiger partial charge is 0.313 e. The van der Waals surface area contributed by atoms with Crippen LogP contribution in [0.1, 0.15) is 43.6 Å². The van der Waals surface area contributed by atoms with Crippen LogP contribution >= 0.6 is 34.8 Å². The predicted molar refractivity (Wildman–Crippen MR) is 74.4 cm³/mol. The van der Waals surface area contributed by atoms with Crippen molar-refractivity contribution in [3.63, 3.8) is 0 Å². The van der Waals surface area contributed by atoms with E-state index in [9.17, 15) is 0 Å². The van der Waals surface area contributed by atoms with Crippen LogP contribution in [0.25, 0.3) is 0 Å². The van der Waals surface area contributed by atoms with Crippen molar-refractivity contribution in [1.82, 2.24) is 0 Å². The monoisotopic (exact) mass is 292 g/mol. The number of hydrogen-bond donors (Lipinski definition) is 0. The normalized spacial score (nSPS) is 15.9. The Hall–Kier alpha value is -0.240. The molecule has 1 aromatic rings. The Balaban J connectivity index is 0.000000317. The summed E-state index contributed by atoms with van der Waals surface area (Å²) in [6.07, 6.45) is 6.94. The summed E-state index contributed by atoms with van der Waals surface area (Å²) >= 11 is 14.7. The molecule has 1 aliphatic rings. The van der Waals surface area contributed by atoms with Gasteiger partial charge in [0.15, 0.2) is 0 Å². The van der Waals surface area contributed by atoms with Crippen LogP contribution in [-0.4, -0.2) is 4.70 Å². The van der Waals surface area contributed by atoms with Gasteiger partial charge in [0.05, 0.1) is 0 Å². The molecule has 0 spiro atoms. The van der Waals surface area contributed by atoms with E-state index in [0.29, 0.717) is 0 Å². The zero-order valence-electron chi connectivity index (χ0n) is 9.46. The molecule has 0 aromatic heterocycles. The fourth-order valence-corrected chi connectivity index (χ4v) is 2.30. The molecule has 94 valence electrons. The minimum atomic E-state index is -0.889. The van der Waals surface area contributed by atoms with Gasteiger partial charge in [-0.05, 0) is 59.7 Å². The molecule has 1 fully saturated rings. The lowest BCUT2D eigenvalue weighted by Gasteiger charge is -2.21. The number of rotatable bonds is 1. The molecule has 1 saturated carbocycles. The highest BCUT2D eigenvalue weighted by atomic mass is 35.5. The molecule has 0 aliphatic heterocycles. The van der Waals surface area contributed by atoms with Gasteiger partial charge in [-0.3, -0.25) is 4.79 Å². The molecule has 0 saturated heterocycles. The summed E-state index contributed by atoms with van der Waals surface area (Å²) < 4.78 is -0.889. The Morgan fingerprint density at radius 3 is 1.94 bits per heavy atom. The van der Waals surface area contributed by atoms with Crippen LogP contribution in [0.2, 0.25) is 5.02 Å². The second-order valence-electron chi connectivity index (χ2n) is 4.11. The first-order valence-corrected chi connectivity index (χ1v) is 6.83. The summed E-state index contributed by atoms with van der Waals surface area (Å²) in [5.41, 5.74) is 1.48. The molecule has 17 heavy (non-hydrogen) atoms. The molecular weight excluding hydrogens is 279 g/mol. The summed E-state index contributed by atoms with van der Waals surface area (Å²) in [5.74, 6) is 0.797. The second-order valence-corrected chi connectivity index (χ2v) is 5.43. The van der Waals surface area contributed by atoms with E-state index < -0.39 is 4.70 Å². The van der Waals surface area contributed by atoms with Gasteiger partial charge in [-0.25, -0.2) is 0 Å². The quantitative estimate of drug-likeness (QED) is 0.583. The van der Waals surface area contributed by atoms with Crippen molar-refractivity contribution in [3.05, 3.63) is 34.9 Å². The van der Waals surface area contributed by atoms with Crippen LogP contribution in [0.3, 0.4) is 0 Å². The highest BCUT2D eigenvalue weighted by Crippen LogP contribution is 2.32. The van der Waals surface area contributed by atoms with Gasteiger partial charge in [-0.1, -0.05) is 43.0 Å². The molecule has 1 nitrogen and oxygen atoms in total. The van der Waals surface area contributed by atoms with Crippen molar-refractivity contribution in [3.8, 4) is 0 Å². The molecule has 0 heterocycles. The van der Waals surface area contributed by atoms with Crippen molar-refractivity contribution in [1.29, 1.82) is 0 Å². The van der Waals surface area contributed by atoms with Gasteiger partial charge >= 0.3 is 4.70 Å². The zero-order valence-corrected chi connectivity index (χ0v) is 11.7. The number of halogens is 3. The first kappa shape index (κ1) is 14.8. The molecule has 1 aromatic carbocycles. The van der Waals surface area contributed by atoms with Crippen LogP contribution < -0.4 is 0 Å². The Kier molecular flexibility index (Phi) is 6.94. The fraction of sp³-hybridized carbons (Fsp3) is 0.462. The molecule has 2 rings (SSSR count). The topological polar surface area (TPSA) is 17.1 Å². The van der Waals surface area contributed by atoms with E-state index >= 15 is 0 Å². The minimum Gasteiger partial charge on any atom is -0.262 e. The summed E-state index contributed by atoms with van der Waals surface area (Å²) in [6, 6.07) is 8.37. The molecule has 0 amide bonds. The highest BCUT2D eigenvalue weighted by Gasteiger charge is 2.14. The Bertz CT molecular complexity index is 338. The first-order chi connectivity index (χ1) is 8.09. The Morgan fingerprint density at radius 1 is 1.00 bits per heavy atom. The summed E-state index contributed by atoms with van der Waals surface area (Å²) in [6.45, 7) is 0. The summed E-state index contributed by atoms with van der Waals surface area (Å²) in [4.78, 5) is 8.98. The van der Waals surface area contributed by atoms with E-state index in [-0.39, 0.29) is 0 Å². The number of carbonyl (C=O) groups excluding carboxylic acids is 1. The second kappa shape index (κ2) is 7.97. The van der Waals surface area contributed by atoms with E-state index in [1.165, 1.54) is 37.7 Å². The molecule has 0 bridgehead atoms. The van der Waals surface area contributed by atoms with E-state index in [1.54, 1.807) is 0 Å². The maximum Gasteiger partial charge on any atom is 0.313 e. The van der Waals surface area contributed by atoms with Crippen molar-refractivity contribution >= 4 is 39.5 Å². The van der Waals surface area contributed by atoms with E-state index in [4.69, 9.17) is 16.4 Å². The SMILES string of the molecule is Clc1ccc(C2CCCCC2)cc1.O=C(Cl)Cl. The van der Waals surface area contributed by atoms with Crippen molar-refractivity contribution in [2.75, 3.05) is 0 Å². The maximum atomic E-state index is 8.98. The average molecular weight is 294 g/mol. The zero-order chi connectivity index (χ0) is 12.7. The Morgan fingerprint density at radius 2 is 1.47 bits per heavy atom. The van der Waals surface area contributed by atoms with Crippen LogP contribution in [0.4, 0.5) is 4.79 Å². The third-order valence-corrected chi connectivity index (χ3v) is 3.20. The third-order valence-electron chi connectivity index (χ3n) is 2.95. The molecule has 0 atom stereocenters. The molecule has 0 N–H and O–H groups in total. The number of hydrogen-bond acceptors (Lipinski definition) is 1. The Labute approximate surface area is 117 Å². The van der Waals surface area contributed by atoms with Crippen molar-refractivity contribution in [2.45, 2.75) is 38.0 Å². The maximum absolute atomic E-state index is 8.98. The third kappa shape index (κ3) is 6.30. The van der Waals surface area contributed by atoms with Crippen LogP contribution in [0.15, 0.2) is 24.3 Å². The lowest BCUT2D eigenvalue weighted by Crippen LogP contribution is -2.03. The first-order valence-electron chi connectivity index (χ1n) is 5.70. The van der Waals surface area contributed by atoms with Crippen LogP contribution in [-0.2, 0) is 0 Å². The summed E-state index contributed by atoms with van der Waals surface area (Å²) in [7, 11) is 0. The molecular formula is C13H15Cl3O. The van der Waals surface area contributed by atoms with Gasteiger partial charge in [-0.2, -0.15) is 0 Å². The lowest BCUT2D eigenvalue weighted by atomic mass is 9.84. The van der Waals surface area contributed by atoms with Gasteiger partial charge in [0.25, 0.3) is 0 Å². The summed E-state index contributed by atoms with van der Waals surface area (Å²) in [5, 5.41) is 0.847. The van der Waals surface area contributed by atoms with E-state index in [2.05, 4.69) is 35.3 Å². The number of benzene rings is 1. The number of carbonyl (C=O) groups is 1. The minimum absolute atomic E-state index is 0.797. The average Bonchev–Trinajstić information content (AvgIpc) is 2.30. The lowest BCUT2D eigenvalue weighted by molar-refractivity contribution is 0.275. The molecule has 0 radical (unpaired) electrons. The van der Waals surface area contributed by atoms with Crippen LogP contribution in [0, 0.1) is 0 Å². The highest BCUT2D eigenvalue weighted by molar-refractivity contribution is 6.93. The van der Waals surface area contributed by atoms with Gasteiger partial charge in [0.1, 0.15) is 0 Å².